The molecule has 2 rings (SSSR count). The number of carboxylic acid groups (broad SMARTS) is 1. The number of pyridine rings is 1. The van der Waals surface area contributed by atoms with E-state index in [1.165, 1.54) is 0 Å². The first kappa shape index (κ1) is 11.3. The quantitative estimate of drug-likeness (QED) is 0.876. The molecule has 17 heavy (non-hydrogen) atoms. The van der Waals surface area contributed by atoms with E-state index in [0.29, 0.717) is 5.56 Å². The van der Waals surface area contributed by atoms with Gasteiger partial charge in [0.2, 0.25) is 0 Å². The monoisotopic (exact) mass is 231 g/mol. The van der Waals surface area contributed by atoms with Crippen LogP contribution in [0.4, 0.5) is 0 Å². The van der Waals surface area contributed by atoms with Crippen LogP contribution in [-0.4, -0.2) is 25.8 Å². The fraction of sp³-hybridized carbons (Fsp3) is 0.250. The zero-order valence-electron chi connectivity index (χ0n) is 9.71. The molecule has 0 aliphatic rings. The maximum absolute atomic E-state index is 10.8. The number of aromatic carboxylic acids is 1. The smallest absolute Gasteiger partial charge is 0.354 e. The van der Waals surface area contributed by atoms with E-state index in [0.717, 1.165) is 17.7 Å². The van der Waals surface area contributed by atoms with E-state index in [1.54, 1.807) is 19.3 Å². The molecule has 2 aromatic rings. The predicted molar refractivity (Wildman–Crippen MR) is 62.8 cm³/mol. The molecule has 5 heteroatoms. The third kappa shape index (κ3) is 2.18. The normalized spacial score (nSPS) is 10.5. The van der Waals surface area contributed by atoms with E-state index in [4.69, 9.17) is 5.11 Å². The lowest BCUT2D eigenvalue weighted by Crippen LogP contribution is -2.03. The Bertz CT molecular complexity index is 561. The van der Waals surface area contributed by atoms with Crippen LogP contribution >= 0.6 is 0 Å². The molecule has 5 nitrogen and oxygen atoms in total. The second-order valence-electron chi connectivity index (χ2n) is 3.78. The maximum atomic E-state index is 10.8. The van der Waals surface area contributed by atoms with Gasteiger partial charge in [-0.25, -0.2) is 9.78 Å². The third-order valence-electron chi connectivity index (χ3n) is 2.57. The number of rotatable bonds is 3. The number of nitrogens with zero attached hydrogens (tertiary/aromatic N) is 3. The lowest BCUT2D eigenvalue weighted by Gasteiger charge is -2.02. The molecule has 0 saturated carbocycles. The minimum atomic E-state index is -1.00. The number of hydrogen-bond donors (Lipinski definition) is 1. The molecule has 0 atom stereocenters. The summed E-state index contributed by atoms with van der Waals surface area (Å²) in [5, 5.41) is 13.1. The molecular weight excluding hydrogens is 218 g/mol. The fourth-order valence-electron chi connectivity index (χ4n) is 1.64. The molecule has 0 aliphatic carbocycles. The van der Waals surface area contributed by atoms with Gasteiger partial charge in [0.25, 0.3) is 0 Å². The van der Waals surface area contributed by atoms with Gasteiger partial charge in [-0.1, -0.05) is 0 Å². The third-order valence-corrected chi connectivity index (χ3v) is 2.57. The zero-order chi connectivity index (χ0) is 12.4. The molecule has 1 N–H and O–H groups in total. The summed E-state index contributed by atoms with van der Waals surface area (Å²) in [7, 11) is 0. The summed E-state index contributed by atoms with van der Waals surface area (Å²) in [6, 6.07) is 1.81. The van der Waals surface area contributed by atoms with Crippen molar-refractivity contribution >= 4 is 5.97 Å². The van der Waals surface area contributed by atoms with Gasteiger partial charge >= 0.3 is 5.97 Å². The highest BCUT2D eigenvalue weighted by Crippen LogP contribution is 2.20. The lowest BCUT2D eigenvalue weighted by atomic mass is 10.1. The molecule has 0 amide bonds. The second kappa shape index (κ2) is 4.37. The van der Waals surface area contributed by atoms with Crippen LogP contribution in [-0.2, 0) is 6.54 Å². The van der Waals surface area contributed by atoms with Crippen LogP contribution in [0, 0.1) is 6.92 Å². The molecule has 0 saturated heterocycles. The number of carboxylic acids is 1. The maximum Gasteiger partial charge on any atom is 0.354 e. The SMILES string of the molecule is CCn1cc(-c2cnc(C(=O)O)c(C)c2)cn1. The van der Waals surface area contributed by atoms with Crippen molar-refractivity contribution in [1.82, 2.24) is 14.8 Å². The number of hydrogen-bond acceptors (Lipinski definition) is 3. The zero-order valence-corrected chi connectivity index (χ0v) is 9.71. The Balaban J connectivity index is 2.40. The van der Waals surface area contributed by atoms with Gasteiger partial charge < -0.3 is 5.11 Å². The molecule has 0 spiro atoms. The number of aryl methyl sites for hydroxylation is 2. The minimum Gasteiger partial charge on any atom is -0.477 e. The van der Waals surface area contributed by atoms with E-state index < -0.39 is 5.97 Å². The predicted octanol–water partition coefficient (Wildman–Crippen LogP) is 1.97. The van der Waals surface area contributed by atoms with Crippen LogP contribution in [0.25, 0.3) is 11.1 Å². The first-order valence-corrected chi connectivity index (χ1v) is 5.34. The Labute approximate surface area is 98.7 Å². The highest BCUT2D eigenvalue weighted by molar-refractivity contribution is 5.87. The number of carbonyl (C=O) groups is 1. The van der Waals surface area contributed by atoms with Crippen molar-refractivity contribution in [3.63, 3.8) is 0 Å². The molecule has 0 fully saturated rings. The van der Waals surface area contributed by atoms with Gasteiger partial charge in [-0.05, 0) is 25.5 Å². The minimum absolute atomic E-state index is 0.0941. The van der Waals surface area contributed by atoms with E-state index in [9.17, 15) is 4.79 Å². The summed E-state index contributed by atoms with van der Waals surface area (Å²) < 4.78 is 1.82. The van der Waals surface area contributed by atoms with Gasteiger partial charge in [-0.15, -0.1) is 0 Å². The summed E-state index contributed by atoms with van der Waals surface area (Å²) in [5.41, 5.74) is 2.57. The molecule has 0 aromatic carbocycles. The summed E-state index contributed by atoms with van der Waals surface area (Å²) >= 11 is 0. The molecule has 88 valence electrons. The van der Waals surface area contributed by atoms with Gasteiger partial charge in [0, 0.05) is 30.1 Å². The fourth-order valence-corrected chi connectivity index (χ4v) is 1.64. The second-order valence-corrected chi connectivity index (χ2v) is 3.78. The molecule has 0 unspecified atom stereocenters. The Morgan fingerprint density at radius 1 is 1.41 bits per heavy atom. The Hall–Kier alpha value is -2.17. The van der Waals surface area contributed by atoms with Gasteiger partial charge in [-0.3, -0.25) is 4.68 Å². The van der Waals surface area contributed by atoms with Crippen molar-refractivity contribution in [1.29, 1.82) is 0 Å². The topological polar surface area (TPSA) is 68.0 Å². The van der Waals surface area contributed by atoms with Crippen LogP contribution in [0.5, 0.6) is 0 Å². The Morgan fingerprint density at radius 3 is 2.71 bits per heavy atom. The molecule has 0 aliphatic heterocycles. The largest absolute Gasteiger partial charge is 0.477 e. The van der Waals surface area contributed by atoms with E-state index in [2.05, 4.69) is 10.1 Å². The summed E-state index contributed by atoms with van der Waals surface area (Å²) in [4.78, 5) is 14.8. The summed E-state index contributed by atoms with van der Waals surface area (Å²) in [6.45, 7) is 4.55. The molecule has 2 heterocycles. The van der Waals surface area contributed by atoms with Crippen LogP contribution in [0.15, 0.2) is 24.7 Å². The average Bonchev–Trinajstić information content (AvgIpc) is 2.76. The lowest BCUT2D eigenvalue weighted by molar-refractivity contribution is 0.0689. The Morgan fingerprint density at radius 2 is 2.18 bits per heavy atom. The van der Waals surface area contributed by atoms with Gasteiger partial charge in [0.15, 0.2) is 5.69 Å². The summed E-state index contributed by atoms with van der Waals surface area (Å²) in [5.74, 6) is -1.00. The van der Waals surface area contributed by atoms with Crippen LogP contribution in [0.3, 0.4) is 0 Å². The highest BCUT2D eigenvalue weighted by atomic mass is 16.4. The average molecular weight is 231 g/mol. The van der Waals surface area contributed by atoms with E-state index >= 15 is 0 Å². The van der Waals surface area contributed by atoms with Crippen LogP contribution in [0.1, 0.15) is 23.0 Å². The van der Waals surface area contributed by atoms with Crippen molar-refractivity contribution in [2.75, 3.05) is 0 Å². The van der Waals surface area contributed by atoms with E-state index in [1.807, 2.05) is 23.9 Å². The molecular formula is C12H13N3O2. The highest BCUT2D eigenvalue weighted by Gasteiger charge is 2.10. The summed E-state index contributed by atoms with van der Waals surface area (Å²) in [6.07, 6.45) is 5.23. The van der Waals surface area contributed by atoms with Gasteiger partial charge in [-0.2, -0.15) is 5.10 Å². The first-order valence-electron chi connectivity index (χ1n) is 5.34. The van der Waals surface area contributed by atoms with Gasteiger partial charge in [0.1, 0.15) is 0 Å². The van der Waals surface area contributed by atoms with E-state index in [-0.39, 0.29) is 5.69 Å². The standard InChI is InChI=1S/C12H13N3O2/c1-3-15-7-10(6-14-15)9-4-8(2)11(12(16)17)13-5-9/h4-7H,3H2,1-2H3,(H,16,17). The van der Waals surface area contributed by atoms with Crippen molar-refractivity contribution in [3.05, 3.63) is 35.9 Å². The van der Waals surface area contributed by atoms with Crippen molar-refractivity contribution < 1.29 is 9.90 Å². The van der Waals surface area contributed by atoms with Crippen molar-refractivity contribution in [3.8, 4) is 11.1 Å². The molecule has 0 radical (unpaired) electrons. The van der Waals surface area contributed by atoms with Crippen LogP contribution < -0.4 is 0 Å². The van der Waals surface area contributed by atoms with Crippen molar-refractivity contribution in [2.45, 2.75) is 20.4 Å². The molecule has 2 aromatic heterocycles. The van der Waals surface area contributed by atoms with Gasteiger partial charge in [0.05, 0.1) is 6.20 Å². The number of aromatic nitrogens is 3. The van der Waals surface area contributed by atoms with Crippen molar-refractivity contribution in [2.24, 2.45) is 0 Å². The first-order chi connectivity index (χ1) is 8.11. The Kier molecular flexibility index (Phi) is 2.91. The van der Waals surface area contributed by atoms with Crippen LogP contribution in [0.2, 0.25) is 0 Å². The molecule has 0 bridgehead atoms.